The van der Waals surface area contributed by atoms with Gasteiger partial charge in [-0.15, -0.1) is 6.58 Å². The van der Waals surface area contributed by atoms with Crippen molar-refractivity contribution in [2.75, 3.05) is 0 Å². The van der Waals surface area contributed by atoms with Gasteiger partial charge >= 0.3 is 5.63 Å². The Morgan fingerprint density at radius 2 is 2.24 bits per heavy atom. The van der Waals surface area contributed by atoms with Crippen LogP contribution in [0.25, 0.3) is 11.0 Å². The minimum atomic E-state index is -0.590. The van der Waals surface area contributed by atoms with Gasteiger partial charge in [0, 0.05) is 10.9 Å². The van der Waals surface area contributed by atoms with Crippen molar-refractivity contribution in [2.45, 2.75) is 13.3 Å². The van der Waals surface area contributed by atoms with Crippen LogP contribution in [0.4, 0.5) is 0 Å². The van der Waals surface area contributed by atoms with Crippen molar-refractivity contribution in [2.24, 2.45) is 0 Å². The van der Waals surface area contributed by atoms with Gasteiger partial charge in [0.2, 0.25) is 0 Å². The number of rotatable bonds is 2. The van der Waals surface area contributed by atoms with Crippen LogP contribution < -0.4 is 5.63 Å². The van der Waals surface area contributed by atoms with E-state index in [-0.39, 0.29) is 10.8 Å². The van der Waals surface area contributed by atoms with Crippen molar-refractivity contribution in [3.63, 3.8) is 0 Å². The lowest BCUT2D eigenvalue weighted by atomic mass is 10.0. The summed E-state index contributed by atoms with van der Waals surface area (Å²) in [4.78, 5) is 11.5. The SMILES string of the molecule is C=CCc1c(O)ccc2c(C)c(Cl)c(=O)oc12. The summed E-state index contributed by atoms with van der Waals surface area (Å²) in [5, 5.41) is 10.6. The van der Waals surface area contributed by atoms with Crippen molar-refractivity contribution in [1.29, 1.82) is 0 Å². The van der Waals surface area contributed by atoms with Gasteiger partial charge in [-0.25, -0.2) is 4.79 Å². The topological polar surface area (TPSA) is 50.4 Å². The molecule has 0 radical (unpaired) electrons. The zero-order chi connectivity index (χ0) is 12.6. The molecule has 0 spiro atoms. The van der Waals surface area contributed by atoms with E-state index in [2.05, 4.69) is 6.58 Å². The van der Waals surface area contributed by atoms with E-state index in [0.29, 0.717) is 23.1 Å². The molecule has 0 aliphatic heterocycles. The molecular formula is C13H11ClO3. The van der Waals surface area contributed by atoms with Gasteiger partial charge < -0.3 is 9.52 Å². The fourth-order valence-electron chi connectivity index (χ4n) is 1.78. The first-order valence-electron chi connectivity index (χ1n) is 5.11. The van der Waals surface area contributed by atoms with Gasteiger partial charge in [-0.2, -0.15) is 0 Å². The summed E-state index contributed by atoms with van der Waals surface area (Å²) in [6.45, 7) is 5.36. The molecule has 1 heterocycles. The summed E-state index contributed by atoms with van der Waals surface area (Å²) >= 11 is 5.84. The second-order valence-electron chi connectivity index (χ2n) is 3.76. The van der Waals surface area contributed by atoms with E-state index >= 15 is 0 Å². The van der Waals surface area contributed by atoms with E-state index in [0.717, 1.165) is 5.39 Å². The second kappa shape index (κ2) is 4.26. The van der Waals surface area contributed by atoms with Crippen molar-refractivity contribution in [3.05, 3.63) is 51.4 Å². The first kappa shape index (κ1) is 11.7. The molecule has 3 nitrogen and oxygen atoms in total. The zero-order valence-corrected chi connectivity index (χ0v) is 10.0. The molecule has 88 valence electrons. The van der Waals surface area contributed by atoms with Gasteiger partial charge in [-0.1, -0.05) is 17.7 Å². The molecule has 2 aromatic rings. The second-order valence-corrected chi connectivity index (χ2v) is 4.14. The van der Waals surface area contributed by atoms with Crippen LogP contribution >= 0.6 is 11.6 Å². The molecule has 17 heavy (non-hydrogen) atoms. The first-order valence-corrected chi connectivity index (χ1v) is 5.48. The number of fused-ring (bicyclic) bond motifs is 1. The minimum Gasteiger partial charge on any atom is -0.508 e. The molecule has 2 rings (SSSR count). The molecule has 0 amide bonds. The number of halogens is 1. The van der Waals surface area contributed by atoms with Crippen LogP contribution in [0.5, 0.6) is 5.75 Å². The molecule has 1 N–H and O–H groups in total. The third-order valence-corrected chi connectivity index (χ3v) is 3.13. The predicted octanol–water partition coefficient (Wildman–Crippen LogP) is 3.19. The molecule has 1 aromatic carbocycles. The van der Waals surface area contributed by atoms with Gasteiger partial charge in [0.1, 0.15) is 16.4 Å². The van der Waals surface area contributed by atoms with Crippen LogP contribution in [-0.2, 0) is 6.42 Å². The summed E-state index contributed by atoms with van der Waals surface area (Å²) in [6, 6.07) is 3.24. The van der Waals surface area contributed by atoms with Gasteiger partial charge in [-0.3, -0.25) is 0 Å². The summed E-state index contributed by atoms with van der Waals surface area (Å²) in [6.07, 6.45) is 2.06. The molecule has 0 fully saturated rings. The molecule has 0 saturated carbocycles. The van der Waals surface area contributed by atoms with Crippen molar-refractivity contribution in [3.8, 4) is 5.75 Å². The van der Waals surface area contributed by atoms with Gasteiger partial charge in [0.15, 0.2) is 0 Å². The van der Waals surface area contributed by atoms with E-state index < -0.39 is 5.63 Å². The number of benzene rings is 1. The molecule has 0 unspecified atom stereocenters. The Balaban J connectivity index is 2.95. The van der Waals surface area contributed by atoms with Crippen molar-refractivity contribution >= 4 is 22.6 Å². The van der Waals surface area contributed by atoms with E-state index in [1.54, 1.807) is 25.1 Å². The Morgan fingerprint density at radius 3 is 2.88 bits per heavy atom. The molecule has 0 atom stereocenters. The highest BCUT2D eigenvalue weighted by molar-refractivity contribution is 6.31. The van der Waals surface area contributed by atoms with Crippen LogP contribution in [0.3, 0.4) is 0 Å². The van der Waals surface area contributed by atoms with Gasteiger partial charge in [0.25, 0.3) is 0 Å². The van der Waals surface area contributed by atoms with E-state index in [4.69, 9.17) is 16.0 Å². The lowest BCUT2D eigenvalue weighted by Crippen LogP contribution is -2.03. The molecule has 0 aliphatic carbocycles. The van der Waals surface area contributed by atoms with Crippen LogP contribution in [0.1, 0.15) is 11.1 Å². The Kier molecular flexibility index (Phi) is 2.94. The normalized spacial score (nSPS) is 10.7. The fourth-order valence-corrected chi connectivity index (χ4v) is 1.92. The van der Waals surface area contributed by atoms with E-state index in [9.17, 15) is 9.90 Å². The Morgan fingerprint density at radius 1 is 1.53 bits per heavy atom. The number of phenolic OH excluding ortho intramolecular Hbond substituents is 1. The maximum Gasteiger partial charge on any atom is 0.355 e. The number of phenols is 1. The monoisotopic (exact) mass is 250 g/mol. The van der Waals surface area contributed by atoms with Gasteiger partial charge in [-0.05, 0) is 31.0 Å². The third-order valence-electron chi connectivity index (χ3n) is 2.69. The number of aryl methyl sites for hydroxylation is 1. The van der Waals surface area contributed by atoms with Crippen LogP contribution in [-0.4, -0.2) is 5.11 Å². The summed E-state index contributed by atoms with van der Waals surface area (Å²) in [7, 11) is 0. The smallest absolute Gasteiger partial charge is 0.355 e. The lowest BCUT2D eigenvalue weighted by Gasteiger charge is -2.08. The van der Waals surface area contributed by atoms with Crippen molar-refractivity contribution in [1.82, 2.24) is 0 Å². The fraction of sp³-hybridized carbons (Fsp3) is 0.154. The number of hydrogen-bond acceptors (Lipinski definition) is 3. The molecule has 0 bridgehead atoms. The summed E-state index contributed by atoms with van der Waals surface area (Å²) in [5.41, 5.74) is 0.988. The van der Waals surface area contributed by atoms with Gasteiger partial charge in [0.05, 0.1) is 0 Å². The number of aromatic hydroxyl groups is 1. The van der Waals surface area contributed by atoms with Crippen LogP contribution in [0.2, 0.25) is 5.02 Å². The average molecular weight is 251 g/mol. The van der Waals surface area contributed by atoms with Crippen LogP contribution in [0, 0.1) is 6.92 Å². The Bertz CT molecular complexity index is 656. The standard InChI is InChI=1S/C13H11ClO3/c1-3-4-9-10(15)6-5-8-7(2)11(14)13(16)17-12(8)9/h3,5-6,15H,1,4H2,2H3. The predicted molar refractivity (Wildman–Crippen MR) is 67.8 cm³/mol. The molecular weight excluding hydrogens is 240 g/mol. The Labute approximate surface area is 103 Å². The maximum absolute atomic E-state index is 11.5. The number of allylic oxidation sites excluding steroid dienone is 1. The maximum atomic E-state index is 11.5. The van der Waals surface area contributed by atoms with E-state index in [1.807, 2.05) is 0 Å². The summed E-state index contributed by atoms with van der Waals surface area (Å²) < 4.78 is 5.14. The molecule has 0 saturated heterocycles. The van der Waals surface area contributed by atoms with Crippen molar-refractivity contribution < 1.29 is 9.52 Å². The number of hydrogen-bond donors (Lipinski definition) is 1. The third kappa shape index (κ3) is 1.83. The highest BCUT2D eigenvalue weighted by Gasteiger charge is 2.14. The molecule has 4 heteroatoms. The average Bonchev–Trinajstić information content (AvgIpc) is 2.30. The summed E-state index contributed by atoms with van der Waals surface area (Å²) in [5.74, 6) is 0.0854. The molecule has 1 aromatic heterocycles. The molecule has 0 aliphatic rings. The highest BCUT2D eigenvalue weighted by Crippen LogP contribution is 2.30. The minimum absolute atomic E-state index is 0.0766. The highest BCUT2D eigenvalue weighted by atomic mass is 35.5. The Hall–Kier alpha value is -1.74. The zero-order valence-electron chi connectivity index (χ0n) is 9.29. The quantitative estimate of drug-likeness (QED) is 0.658. The lowest BCUT2D eigenvalue weighted by molar-refractivity contribution is 0.466. The largest absolute Gasteiger partial charge is 0.508 e. The first-order chi connectivity index (χ1) is 8.06. The van der Waals surface area contributed by atoms with E-state index in [1.165, 1.54) is 0 Å². The van der Waals surface area contributed by atoms with Crippen LogP contribution in [0.15, 0.2) is 34.0 Å².